The summed E-state index contributed by atoms with van der Waals surface area (Å²) in [6.45, 7) is 8.39. The van der Waals surface area contributed by atoms with Crippen LogP contribution in [0, 0.1) is 6.92 Å². The van der Waals surface area contributed by atoms with Crippen LogP contribution in [0.4, 0.5) is 5.69 Å². The number of ether oxygens (including phenoxy) is 3. The van der Waals surface area contributed by atoms with Crippen molar-refractivity contribution in [1.29, 1.82) is 0 Å². The minimum Gasteiger partial charge on any atom is -0.491 e. The van der Waals surface area contributed by atoms with E-state index in [0.29, 0.717) is 43.5 Å². The molecule has 0 saturated carbocycles. The minimum absolute atomic E-state index is 0.0180. The Kier molecular flexibility index (Phi) is 5.99. The number of anilines is 1. The zero-order valence-electron chi connectivity index (χ0n) is 21.4. The summed E-state index contributed by atoms with van der Waals surface area (Å²) in [6, 6.07) is 20.2. The second kappa shape index (κ2) is 9.47. The molecule has 7 heteroatoms. The maximum Gasteiger partial charge on any atom is 0.231 e. The largest absolute Gasteiger partial charge is 0.491 e. The lowest BCUT2D eigenvalue weighted by Gasteiger charge is -2.18. The summed E-state index contributed by atoms with van der Waals surface area (Å²) in [6.07, 6.45) is 0.411. The second-order valence-electron chi connectivity index (χ2n) is 10.1. The highest BCUT2D eigenvalue weighted by atomic mass is 16.7. The number of imidazole rings is 1. The average Bonchev–Trinajstić information content (AvgIpc) is 3.60. The van der Waals surface area contributed by atoms with E-state index < -0.39 is 0 Å². The number of fused-ring (bicyclic) bond motifs is 2. The van der Waals surface area contributed by atoms with E-state index in [9.17, 15) is 4.79 Å². The van der Waals surface area contributed by atoms with Gasteiger partial charge in [-0.05, 0) is 54.3 Å². The fourth-order valence-corrected chi connectivity index (χ4v) is 5.31. The molecule has 2 aliphatic rings. The SMILES string of the molecule is Cc1ccc(C(C)C)c(OCCn2c(C3CC(=O)N(c4ccc5c(c4)OCO5)C3)nc3ccccc32)c1. The van der Waals surface area contributed by atoms with Crippen LogP contribution in [0.2, 0.25) is 0 Å². The Morgan fingerprint density at radius 3 is 2.76 bits per heavy atom. The first-order valence-corrected chi connectivity index (χ1v) is 12.9. The number of carbonyl (C=O) groups excluding carboxylic acids is 1. The van der Waals surface area contributed by atoms with Crippen molar-refractivity contribution in [3.63, 3.8) is 0 Å². The van der Waals surface area contributed by atoms with E-state index in [1.54, 1.807) is 0 Å². The molecular weight excluding hydrogens is 466 g/mol. The fraction of sp³-hybridized carbons (Fsp3) is 0.333. The van der Waals surface area contributed by atoms with Gasteiger partial charge < -0.3 is 23.7 Å². The first kappa shape index (κ1) is 23.4. The molecule has 1 aromatic heterocycles. The maximum atomic E-state index is 13.1. The molecule has 1 saturated heterocycles. The Labute approximate surface area is 216 Å². The van der Waals surface area contributed by atoms with Crippen molar-refractivity contribution in [2.24, 2.45) is 0 Å². The van der Waals surface area contributed by atoms with Crippen LogP contribution in [0.1, 0.15) is 49.1 Å². The van der Waals surface area contributed by atoms with E-state index in [0.717, 1.165) is 28.3 Å². The highest BCUT2D eigenvalue weighted by Gasteiger charge is 2.35. The molecule has 1 unspecified atom stereocenters. The first-order valence-electron chi connectivity index (χ1n) is 12.9. The van der Waals surface area contributed by atoms with Crippen LogP contribution in [0.5, 0.6) is 17.2 Å². The molecule has 1 atom stereocenters. The predicted molar refractivity (Wildman–Crippen MR) is 143 cm³/mol. The van der Waals surface area contributed by atoms with Crippen LogP contribution in [-0.2, 0) is 11.3 Å². The van der Waals surface area contributed by atoms with Gasteiger partial charge in [0.05, 0.1) is 17.6 Å². The van der Waals surface area contributed by atoms with E-state index in [-0.39, 0.29) is 18.6 Å². The Hall–Kier alpha value is -4.00. The van der Waals surface area contributed by atoms with Crippen LogP contribution in [0.25, 0.3) is 11.0 Å². The number of benzene rings is 3. The summed E-state index contributed by atoms with van der Waals surface area (Å²) in [5.41, 5.74) is 5.21. The third kappa shape index (κ3) is 4.39. The predicted octanol–water partition coefficient (Wildman–Crippen LogP) is 5.80. The smallest absolute Gasteiger partial charge is 0.231 e. The first-order chi connectivity index (χ1) is 18.0. The number of amides is 1. The summed E-state index contributed by atoms with van der Waals surface area (Å²) in [5.74, 6) is 3.70. The average molecular weight is 498 g/mol. The van der Waals surface area contributed by atoms with Crippen molar-refractivity contribution in [1.82, 2.24) is 9.55 Å². The van der Waals surface area contributed by atoms with Gasteiger partial charge in [-0.2, -0.15) is 0 Å². The number of nitrogens with zero attached hydrogens (tertiary/aromatic N) is 3. The molecular formula is C30H31N3O4. The summed E-state index contributed by atoms with van der Waals surface area (Å²) in [4.78, 5) is 19.9. The number of hydrogen-bond donors (Lipinski definition) is 0. The Balaban J connectivity index is 1.26. The van der Waals surface area contributed by atoms with E-state index >= 15 is 0 Å². The quantitative estimate of drug-likeness (QED) is 0.323. The fourth-order valence-electron chi connectivity index (χ4n) is 5.31. The molecule has 3 aromatic carbocycles. The lowest BCUT2D eigenvalue weighted by Crippen LogP contribution is -2.24. The van der Waals surface area contributed by atoms with Gasteiger partial charge in [0, 0.05) is 30.6 Å². The number of aryl methyl sites for hydroxylation is 1. The number of hydrogen-bond acceptors (Lipinski definition) is 5. The normalized spacial score (nSPS) is 16.8. The summed E-state index contributed by atoms with van der Waals surface area (Å²) < 4.78 is 19.5. The zero-order valence-corrected chi connectivity index (χ0v) is 21.4. The van der Waals surface area contributed by atoms with Gasteiger partial charge in [-0.15, -0.1) is 0 Å². The monoisotopic (exact) mass is 497 g/mol. The highest BCUT2D eigenvalue weighted by molar-refractivity contribution is 5.97. The van der Waals surface area contributed by atoms with E-state index in [4.69, 9.17) is 19.2 Å². The van der Waals surface area contributed by atoms with Gasteiger partial charge in [-0.25, -0.2) is 4.98 Å². The molecule has 0 radical (unpaired) electrons. The van der Waals surface area contributed by atoms with Crippen LogP contribution in [0.3, 0.4) is 0 Å². The molecule has 0 bridgehead atoms. The minimum atomic E-state index is -0.0180. The Morgan fingerprint density at radius 1 is 1.05 bits per heavy atom. The van der Waals surface area contributed by atoms with Crippen molar-refractivity contribution in [2.45, 2.75) is 45.6 Å². The molecule has 6 rings (SSSR count). The summed E-state index contributed by atoms with van der Waals surface area (Å²) >= 11 is 0. The molecule has 0 aliphatic carbocycles. The van der Waals surface area contributed by atoms with Gasteiger partial charge >= 0.3 is 0 Å². The standard InChI is InChI=1S/C30H31N3O4/c1-19(2)23-10-8-20(3)14-27(23)35-13-12-32-25-7-5-4-6-24(25)31-30(32)21-15-29(34)33(17-21)22-9-11-26-28(16-22)37-18-36-26/h4-11,14,16,19,21H,12-13,15,17-18H2,1-3H3. The Morgan fingerprint density at radius 2 is 1.89 bits per heavy atom. The maximum absolute atomic E-state index is 13.1. The van der Waals surface area contributed by atoms with Crippen LogP contribution >= 0.6 is 0 Å². The van der Waals surface area contributed by atoms with Gasteiger partial charge in [-0.3, -0.25) is 4.79 Å². The summed E-state index contributed by atoms with van der Waals surface area (Å²) in [5, 5.41) is 0. The number of rotatable bonds is 7. The Bertz CT molecular complexity index is 1480. The second-order valence-corrected chi connectivity index (χ2v) is 10.1. The molecule has 190 valence electrons. The summed E-state index contributed by atoms with van der Waals surface area (Å²) in [7, 11) is 0. The molecule has 1 amide bonds. The molecule has 2 aliphatic heterocycles. The van der Waals surface area contributed by atoms with Crippen LogP contribution in [0.15, 0.2) is 60.7 Å². The number of aromatic nitrogens is 2. The van der Waals surface area contributed by atoms with Crippen LogP contribution < -0.4 is 19.1 Å². The highest BCUT2D eigenvalue weighted by Crippen LogP contribution is 2.39. The molecule has 7 nitrogen and oxygen atoms in total. The van der Waals surface area contributed by atoms with Gasteiger partial charge in [0.2, 0.25) is 12.7 Å². The topological polar surface area (TPSA) is 65.8 Å². The van der Waals surface area contributed by atoms with Crippen molar-refractivity contribution in [3.8, 4) is 17.2 Å². The molecule has 1 fully saturated rings. The van der Waals surface area contributed by atoms with Crippen molar-refractivity contribution in [2.75, 3.05) is 24.8 Å². The third-order valence-electron chi connectivity index (χ3n) is 7.21. The van der Waals surface area contributed by atoms with Gasteiger partial charge in [0.15, 0.2) is 11.5 Å². The van der Waals surface area contributed by atoms with Crippen LogP contribution in [-0.4, -0.2) is 35.4 Å². The zero-order chi connectivity index (χ0) is 25.5. The van der Waals surface area contributed by atoms with Gasteiger partial charge in [-0.1, -0.05) is 38.1 Å². The lowest BCUT2D eigenvalue weighted by molar-refractivity contribution is -0.117. The van der Waals surface area contributed by atoms with Crippen molar-refractivity contribution >= 4 is 22.6 Å². The molecule has 0 N–H and O–H groups in total. The van der Waals surface area contributed by atoms with E-state index in [1.807, 2.05) is 41.3 Å². The van der Waals surface area contributed by atoms with Crippen molar-refractivity contribution in [3.05, 3.63) is 77.6 Å². The van der Waals surface area contributed by atoms with E-state index in [1.165, 1.54) is 11.1 Å². The van der Waals surface area contributed by atoms with Gasteiger partial charge in [0.25, 0.3) is 0 Å². The third-order valence-corrected chi connectivity index (χ3v) is 7.21. The van der Waals surface area contributed by atoms with E-state index in [2.05, 4.69) is 49.6 Å². The number of carbonyl (C=O) groups is 1. The number of para-hydroxylation sites is 2. The molecule has 3 heterocycles. The van der Waals surface area contributed by atoms with Crippen molar-refractivity contribution < 1.29 is 19.0 Å². The molecule has 37 heavy (non-hydrogen) atoms. The molecule has 0 spiro atoms. The molecule has 4 aromatic rings. The van der Waals surface area contributed by atoms with Gasteiger partial charge in [0.1, 0.15) is 18.2 Å². The lowest BCUT2D eigenvalue weighted by atomic mass is 10.0.